The van der Waals surface area contributed by atoms with Gasteiger partial charge in [-0.15, -0.1) is 0 Å². The Hall–Kier alpha value is -3.00. The fourth-order valence-electron chi connectivity index (χ4n) is 3.04. The predicted octanol–water partition coefficient (Wildman–Crippen LogP) is 2.50. The Kier molecular flexibility index (Phi) is 8.48. The van der Waals surface area contributed by atoms with Crippen molar-refractivity contribution in [2.75, 3.05) is 42.6 Å². The lowest BCUT2D eigenvalue weighted by atomic mass is 10.2. The van der Waals surface area contributed by atoms with Gasteiger partial charge >= 0.3 is 0 Å². The van der Waals surface area contributed by atoms with Gasteiger partial charge in [0.15, 0.2) is 15.4 Å². The minimum atomic E-state index is -4.02. The van der Waals surface area contributed by atoms with Gasteiger partial charge in [0, 0.05) is 31.3 Å². The van der Waals surface area contributed by atoms with Crippen LogP contribution in [0.2, 0.25) is 0 Å². The van der Waals surface area contributed by atoms with Crippen molar-refractivity contribution < 1.29 is 34.9 Å². The predicted molar refractivity (Wildman–Crippen MR) is 130 cm³/mol. The molecule has 1 saturated heterocycles. The molecule has 10 nitrogen and oxygen atoms in total. The lowest BCUT2D eigenvalue weighted by Crippen LogP contribution is -2.40. The molecule has 35 heavy (non-hydrogen) atoms. The average Bonchev–Trinajstić information content (AvgIpc) is 3.23. The second kappa shape index (κ2) is 11.2. The van der Waals surface area contributed by atoms with E-state index in [1.54, 1.807) is 35.2 Å². The third-order valence-corrected chi connectivity index (χ3v) is 7.60. The van der Waals surface area contributed by atoms with E-state index in [1.165, 1.54) is 12.1 Å². The van der Waals surface area contributed by atoms with Crippen molar-refractivity contribution in [2.45, 2.75) is 11.8 Å². The minimum absolute atomic E-state index is 0.0590. The van der Waals surface area contributed by atoms with E-state index < -0.39 is 20.0 Å². The van der Waals surface area contributed by atoms with E-state index in [4.69, 9.17) is 19.4 Å². The van der Waals surface area contributed by atoms with Crippen LogP contribution in [0.1, 0.15) is 5.56 Å². The van der Waals surface area contributed by atoms with Crippen LogP contribution < -0.4 is 15.4 Å². The number of nitrogens with zero attached hydrogens (tertiary/aromatic N) is 2. The molecule has 0 amide bonds. The number of aryl methyl sites for hydroxylation is 1. The smallest absolute Gasteiger partial charge is 0.298 e. The van der Waals surface area contributed by atoms with Gasteiger partial charge in [0.05, 0.1) is 22.7 Å². The summed E-state index contributed by atoms with van der Waals surface area (Å²) in [5, 5.41) is 0. The van der Waals surface area contributed by atoms with E-state index in [9.17, 15) is 21.2 Å². The summed E-state index contributed by atoms with van der Waals surface area (Å²) in [5.74, 6) is 0.703. The van der Waals surface area contributed by atoms with Crippen molar-refractivity contribution in [3.05, 3.63) is 59.9 Å². The van der Waals surface area contributed by atoms with Gasteiger partial charge in [0.2, 0.25) is 0 Å². The molecule has 2 heterocycles. The van der Waals surface area contributed by atoms with Gasteiger partial charge in [-0.3, -0.25) is 4.55 Å². The highest BCUT2D eigenvalue weighted by molar-refractivity contribution is 7.91. The summed E-state index contributed by atoms with van der Waals surface area (Å²) < 4.78 is 76.2. The number of hydrogen-bond acceptors (Lipinski definition) is 9. The highest BCUT2D eigenvalue weighted by atomic mass is 32.2. The normalized spacial score (nSPS) is 16.0. The number of fused-ring (bicyclic) bond motifs is 1. The fourth-order valence-corrected chi connectivity index (χ4v) is 4.72. The Morgan fingerprint density at radius 3 is 2.46 bits per heavy atom. The van der Waals surface area contributed by atoms with Crippen LogP contribution in [0.4, 0.5) is 10.4 Å². The van der Waals surface area contributed by atoms with E-state index in [1.807, 2.05) is 6.92 Å². The summed E-state index contributed by atoms with van der Waals surface area (Å²) in [6.45, 7) is 2.71. The van der Waals surface area contributed by atoms with E-state index in [0.717, 1.165) is 5.56 Å². The number of oxazole rings is 1. The zero-order valence-electron chi connectivity index (χ0n) is 18.9. The first-order valence-corrected chi connectivity index (χ1v) is 13.8. The van der Waals surface area contributed by atoms with Crippen molar-refractivity contribution in [2.24, 2.45) is 5.73 Å². The number of rotatable bonds is 6. The maximum Gasteiger partial charge on any atom is 0.298 e. The Bertz CT molecular complexity index is 1390. The summed E-state index contributed by atoms with van der Waals surface area (Å²) in [4.78, 5) is 6.11. The highest BCUT2D eigenvalue weighted by Crippen LogP contribution is 2.26. The van der Waals surface area contributed by atoms with E-state index >= 15 is 0 Å². The molecule has 0 bridgehead atoms. The quantitative estimate of drug-likeness (QED) is 0.457. The van der Waals surface area contributed by atoms with Gasteiger partial charge in [-0.1, -0.05) is 17.7 Å². The van der Waals surface area contributed by atoms with Crippen LogP contribution in [0.3, 0.4) is 0 Å². The van der Waals surface area contributed by atoms with Crippen molar-refractivity contribution in [3.63, 3.8) is 0 Å². The summed E-state index contributed by atoms with van der Waals surface area (Å²) in [6, 6.07) is 11.5. The van der Waals surface area contributed by atoms with Gasteiger partial charge < -0.3 is 19.8 Å². The Labute approximate surface area is 202 Å². The monoisotopic (exact) mass is 527 g/mol. The summed E-state index contributed by atoms with van der Waals surface area (Å²) in [5.41, 5.74) is 7.85. The lowest BCUT2D eigenvalue weighted by molar-refractivity contribution is 0.347. The number of hydrogen-bond donors (Lipinski definition) is 2. The molecule has 0 aliphatic carbocycles. The first-order valence-electron chi connectivity index (χ1n) is 10.5. The molecule has 0 unspecified atom stereocenters. The summed E-state index contributed by atoms with van der Waals surface area (Å²) >= 11 is 0. The molecule has 3 N–H and O–H groups in total. The molecule has 1 aliphatic heterocycles. The van der Waals surface area contributed by atoms with Gasteiger partial charge in [-0.05, 0) is 31.2 Å². The molecule has 0 atom stereocenters. The largest absolute Gasteiger partial charge is 0.489 e. The molecule has 1 aromatic heterocycles. The number of nitrogens with two attached hydrogens (primary N) is 1. The number of halogens is 1. The highest BCUT2D eigenvalue weighted by Gasteiger charge is 2.24. The summed E-state index contributed by atoms with van der Waals surface area (Å²) in [6.07, 6.45) is 0.440. The maximum absolute atomic E-state index is 12.5. The van der Waals surface area contributed by atoms with E-state index in [2.05, 4.69) is 4.98 Å². The van der Waals surface area contributed by atoms with Gasteiger partial charge in [0.25, 0.3) is 16.1 Å². The molecule has 13 heteroatoms. The van der Waals surface area contributed by atoms with Crippen molar-refractivity contribution in [3.8, 4) is 5.75 Å². The standard InChI is InChI=1S/C15H18FN3O4S.C7H8O3S/c16-8-11(9-17)10-22-12-1-2-13-14(7-12)23-15(18-13)19-3-5-24(20,21)6-4-19;1-6-2-4-7(5-3-6)11(8,9)10/h1-2,7-8H,3-6,9-10,17H2;2-5H,1H3,(H,8,9,10). The van der Waals surface area contributed by atoms with Crippen LogP contribution in [0, 0.1) is 6.92 Å². The van der Waals surface area contributed by atoms with Crippen LogP contribution in [0.5, 0.6) is 5.75 Å². The van der Waals surface area contributed by atoms with Crippen LogP contribution >= 0.6 is 0 Å². The second-order valence-electron chi connectivity index (χ2n) is 7.81. The Morgan fingerprint density at radius 2 is 1.89 bits per heavy atom. The molecule has 2 aromatic carbocycles. The van der Waals surface area contributed by atoms with E-state index in [0.29, 0.717) is 47.9 Å². The Morgan fingerprint density at radius 1 is 1.23 bits per heavy atom. The van der Waals surface area contributed by atoms with Crippen molar-refractivity contribution >= 4 is 37.1 Å². The SMILES string of the molecule is Cc1ccc(S(=O)(=O)O)cc1.NCC(=CF)COc1ccc2nc(N3CCS(=O)(=O)CC3)oc2c1. The molecule has 3 aromatic rings. The van der Waals surface area contributed by atoms with Gasteiger partial charge in [0.1, 0.15) is 17.9 Å². The number of ether oxygens (including phenoxy) is 1. The van der Waals surface area contributed by atoms with Crippen LogP contribution in [0.25, 0.3) is 11.1 Å². The second-order valence-corrected chi connectivity index (χ2v) is 11.5. The third-order valence-electron chi connectivity index (χ3n) is 5.12. The zero-order valence-corrected chi connectivity index (χ0v) is 20.6. The summed E-state index contributed by atoms with van der Waals surface area (Å²) in [7, 11) is -6.98. The molecule has 1 aliphatic rings. The third kappa shape index (κ3) is 7.49. The molecule has 0 radical (unpaired) electrons. The number of aromatic nitrogens is 1. The number of benzene rings is 2. The Balaban J connectivity index is 0.000000261. The average molecular weight is 528 g/mol. The number of anilines is 1. The van der Waals surface area contributed by atoms with Crippen LogP contribution in [-0.4, -0.2) is 64.1 Å². The first-order chi connectivity index (χ1) is 16.5. The molecule has 0 spiro atoms. The van der Waals surface area contributed by atoms with Crippen molar-refractivity contribution in [1.82, 2.24) is 4.98 Å². The van der Waals surface area contributed by atoms with Crippen LogP contribution in [-0.2, 0) is 20.0 Å². The topological polar surface area (TPSA) is 153 Å². The molecule has 0 saturated carbocycles. The molecule has 190 valence electrons. The molecular weight excluding hydrogens is 501 g/mol. The molecule has 4 rings (SSSR count). The zero-order chi connectivity index (χ0) is 25.6. The van der Waals surface area contributed by atoms with Crippen LogP contribution in [0.15, 0.2) is 63.7 Å². The lowest BCUT2D eigenvalue weighted by Gasteiger charge is -2.24. The fraction of sp³-hybridized carbons (Fsp3) is 0.318. The van der Waals surface area contributed by atoms with Gasteiger partial charge in [-0.2, -0.15) is 13.4 Å². The number of sulfone groups is 1. The minimum Gasteiger partial charge on any atom is -0.489 e. The molecular formula is C22H26FN3O7S2. The first kappa shape index (κ1) is 26.6. The molecule has 1 fully saturated rings. The van der Waals surface area contributed by atoms with Crippen molar-refractivity contribution in [1.29, 1.82) is 0 Å². The van der Waals surface area contributed by atoms with E-state index in [-0.39, 0.29) is 29.6 Å². The van der Waals surface area contributed by atoms with Gasteiger partial charge in [-0.25, -0.2) is 12.8 Å². The maximum atomic E-state index is 12.5.